The van der Waals surface area contributed by atoms with Crippen molar-refractivity contribution in [3.8, 4) is 0 Å². The molecule has 11 heteroatoms. The van der Waals surface area contributed by atoms with Gasteiger partial charge in [0, 0.05) is 6.54 Å². The Morgan fingerprint density at radius 1 is 1.38 bits per heavy atom. The maximum Gasteiger partial charge on any atom is 0.252 e. The first-order chi connectivity index (χ1) is 11.5. The second-order valence-corrected chi connectivity index (χ2v) is 5.34. The standard InChI is InChI=1S/C13H17FN6O4/c14-2-1-3-16-12(23)9-7(21)8(22)13(24-9)20-5-19-6-10(15)17-4-18-11(6)20/h4-5,7-9,13,21-22H,1-3H2,(H,16,23)(H2,15,17,18)/t7-,8+,9-,13+/m0/s1. The van der Waals surface area contributed by atoms with Gasteiger partial charge in [-0.3, -0.25) is 13.8 Å². The molecule has 0 spiro atoms. The number of imidazole rings is 1. The number of alkyl halides is 1. The number of hydrogen-bond acceptors (Lipinski definition) is 8. The van der Waals surface area contributed by atoms with Crippen molar-refractivity contribution in [3.05, 3.63) is 12.7 Å². The fraction of sp³-hybridized carbons (Fsp3) is 0.538. The van der Waals surface area contributed by atoms with E-state index in [1.807, 2.05) is 0 Å². The molecule has 0 unspecified atom stereocenters. The minimum atomic E-state index is -1.45. The zero-order chi connectivity index (χ0) is 17.3. The Balaban J connectivity index is 1.81. The van der Waals surface area contributed by atoms with Gasteiger partial charge in [-0.2, -0.15) is 0 Å². The van der Waals surface area contributed by atoms with E-state index < -0.39 is 37.1 Å². The lowest BCUT2D eigenvalue weighted by molar-refractivity contribution is -0.137. The van der Waals surface area contributed by atoms with Gasteiger partial charge >= 0.3 is 0 Å². The van der Waals surface area contributed by atoms with E-state index in [9.17, 15) is 19.4 Å². The topological polar surface area (TPSA) is 148 Å². The minimum Gasteiger partial charge on any atom is -0.387 e. The van der Waals surface area contributed by atoms with Crippen molar-refractivity contribution in [2.45, 2.75) is 31.0 Å². The number of rotatable bonds is 5. The molecule has 3 heterocycles. The average molecular weight is 340 g/mol. The number of nitrogens with one attached hydrogen (secondary N) is 1. The van der Waals surface area contributed by atoms with Crippen LogP contribution in [0.25, 0.3) is 11.2 Å². The van der Waals surface area contributed by atoms with Crippen molar-refractivity contribution in [1.82, 2.24) is 24.8 Å². The molecule has 2 aromatic heterocycles. The summed E-state index contributed by atoms with van der Waals surface area (Å²) in [6.45, 7) is -0.456. The van der Waals surface area contributed by atoms with E-state index in [1.165, 1.54) is 17.2 Å². The molecule has 0 radical (unpaired) electrons. The number of fused-ring (bicyclic) bond motifs is 1. The first kappa shape index (κ1) is 16.5. The Bertz CT molecular complexity index is 740. The van der Waals surface area contributed by atoms with Gasteiger partial charge in [0.2, 0.25) is 0 Å². The first-order valence-electron chi connectivity index (χ1n) is 7.33. The third-order valence-corrected chi connectivity index (χ3v) is 3.77. The van der Waals surface area contributed by atoms with Gasteiger partial charge in [-0.1, -0.05) is 0 Å². The summed E-state index contributed by atoms with van der Waals surface area (Å²) in [5.41, 5.74) is 6.32. The van der Waals surface area contributed by atoms with E-state index in [2.05, 4.69) is 20.3 Å². The summed E-state index contributed by atoms with van der Waals surface area (Å²) in [5, 5.41) is 22.7. The summed E-state index contributed by atoms with van der Waals surface area (Å²) in [5.74, 6) is -0.469. The lowest BCUT2D eigenvalue weighted by Crippen LogP contribution is -2.43. The van der Waals surface area contributed by atoms with E-state index in [1.54, 1.807) is 0 Å². The van der Waals surface area contributed by atoms with Gasteiger partial charge < -0.3 is 26.0 Å². The molecule has 0 aromatic carbocycles. The van der Waals surface area contributed by atoms with Crippen LogP contribution in [0.5, 0.6) is 0 Å². The molecule has 0 bridgehead atoms. The predicted molar refractivity (Wildman–Crippen MR) is 79.3 cm³/mol. The summed E-state index contributed by atoms with van der Waals surface area (Å²) >= 11 is 0. The quantitative estimate of drug-likeness (QED) is 0.481. The molecule has 0 aliphatic carbocycles. The molecule has 1 aliphatic heterocycles. The fourth-order valence-electron chi connectivity index (χ4n) is 2.54. The number of carbonyl (C=O) groups excluding carboxylic acids is 1. The molecule has 130 valence electrons. The van der Waals surface area contributed by atoms with Crippen LogP contribution < -0.4 is 11.1 Å². The monoisotopic (exact) mass is 340 g/mol. The molecule has 3 rings (SSSR count). The lowest BCUT2D eigenvalue weighted by Gasteiger charge is -2.16. The molecule has 24 heavy (non-hydrogen) atoms. The smallest absolute Gasteiger partial charge is 0.252 e. The van der Waals surface area contributed by atoms with Crippen LogP contribution in [0, 0.1) is 0 Å². The van der Waals surface area contributed by atoms with Crippen LogP contribution in [0.4, 0.5) is 10.2 Å². The Labute approximate surface area is 135 Å². The maximum absolute atomic E-state index is 12.1. The molecule has 1 amide bonds. The molecule has 10 nitrogen and oxygen atoms in total. The van der Waals surface area contributed by atoms with Gasteiger partial charge in [0.25, 0.3) is 5.91 Å². The van der Waals surface area contributed by atoms with Crippen LogP contribution in [0.2, 0.25) is 0 Å². The van der Waals surface area contributed by atoms with Crippen molar-refractivity contribution in [2.24, 2.45) is 0 Å². The number of ether oxygens (including phenoxy) is 1. The number of aliphatic hydroxyl groups is 2. The second-order valence-electron chi connectivity index (χ2n) is 5.34. The summed E-state index contributed by atoms with van der Waals surface area (Å²) in [6.07, 6.45) is -2.47. The van der Waals surface area contributed by atoms with Crippen molar-refractivity contribution >= 4 is 22.9 Å². The normalized spacial score (nSPS) is 26.8. The van der Waals surface area contributed by atoms with Crippen LogP contribution in [-0.2, 0) is 9.53 Å². The molecule has 4 atom stereocenters. The van der Waals surface area contributed by atoms with Gasteiger partial charge in [0.05, 0.1) is 13.0 Å². The number of amides is 1. The Hall–Kier alpha value is -2.37. The number of nitrogen functional groups attached to an aromatic ring is 1. The number of hydrogen-bond donors (Lipinski definition) is 4. The number of halogens is 1. The maximum atomic E-state index is 12.1. The van der Waals surface area contributed by atoms with Crippen molar-refractivity contribution in [2.75, 3.05) is 19.0 Å². The van der Waals surface area contributed by atoms with E-state index in [0.717, 1.165) is 0 Å². The minimum absolute atomic E-state index is 0.112. The zero-order valence-corrected chi connectivity index (χ0v) is 12.5. The molecular weight excluding hydrogens is 323 g/mol. The highest BCUT2D eigenvalue weighted by Gasteiger charge is 2.47. The van der Waals surface area contributed by atoms with Crippen molar-refractivity contribution in [1.29, 1.82) is 0 Å². The van der Waals surface area contributed by atoms with Crippen LogP contribution in [0.1, 0.15) is 12.6 Å². The molecule has 2 aromatic rings. The van der Waals surface area contributed by atoms with E-state index in [0.29, 0.717) is 11.2 Å². The number of aromatic nitrogens is 4. The third kappa shape index (κ3) is 2.77. The summed E-state index contributed by atoms with van der Waals surface area (Å²) in [6, 6.07) is 0. The van der Waals surface area contributed by atoms with Gasteiger partial charge in [-0.05, 0) is 6.42 Å². The largest absolute Gasteiger partial charge is 0.387 e. The number of anilines is 1. The van der Waals surface area contributed by atoms with E-state index in [4.69, 9.17) is 10.5 Å². The van der Waals surface area contributed by atoms with Crippen LogP contribution in [0.15, 0.2) is 12.7 Å². The Morgan fingerprint density at radius 3 is 2.92 bits per heavy atom. The molecule has 1 aliphatic rings. The van der Waals surface area contributed by atoms with Gasteiger partial charge in [0.15, 0.2) is 23.8 Å². The lowest BCUT2D eigenvalue weighted by atomic mass is 10.1. The Morgan fingerprint density at radius 2 is 2.17 bits per heavy atom. The molecular formula is C13H17FN6O4. The van der Waals surface area contributed by atoms with Gasteiger partial charge in [-0.25, -0.2) is 15.0 Å². The fourth-order valence-corrected chi connectivity index (χ4v) is 2.54. The third-order valence-electron chi connectivity index (χ3n) is 3.77. The first-order valence-corrected chi connectivity index (χ1v) is 7.33. The molecule has 1 saturated heterocycles. The molecule has 5 N–H and O–H groups in total. The zero-order valence-electron chi connectivity index (χ0n) is 12.5. The van der Waals surface area contributed by atoms with Crippen molar-refractivity contribution < 1.29 is 24.1 Å². The van der Waals surface area contributed by atoms with Crippen LogP contribution in [-0.4, -0.2) is 67.2 Å². The number of nitrogens with zero attached hydrogens (tertiary/aromatic N) is 4. The highest BCUT2D eigenvalue weighted by Crippen LogP contribution is 2.31. The highest BCUT2D eigenvalue weighted by atomic mass is 19.1. The van der Waals surface area contributed by atoms with E-state index >= 15 is 0 Å². The number of nitrogens with two attached hydrogens (primary N) is 1. The van der Waals surface area contributed by atoms with Crippen LogP contribution >= 0.6 is 0 Å². The SMILES string of the molecule is Nc1ncnc2c1ncn2[C@@H]1O[C@H](C(=O)NCCCF)[C@@H](O)[C@H]1O. The number of carbonyl (C=O) groups is 1. The molecule has 0 saturated carbocycles. The summed E-state index contributed by atoms with van der Waals surface area (Å²) < 4.78 is 18.9. The average Bonchev–Trinajstić information content (AvgIpc) is 3.11. The van der Waals surface area contributed by atoms with Crippen LogP contribution in [0.3, 0.4) is 0 Å². The highest BCUT2D eigenvalue weighted by molar-refractivity contribution is 5.82. The summed E-state index contributed by atoms with van der Waals surface area (Å²) in [7, 11) is 0. The van der Waals surface area contributed by atoms with Gasteiger partial charge in [0.1, 0.15) is 24.1 Å². The second kappa shape index (κ2) is 6.63. The van der Waals surface area contributed by atoms with Crippen molar-refractivity contribution in [3.63, 3.8) is 0 Å². The summed E-state index contributed by atoms with van der Waals surface area (Å²) in [4.78, 5) is 23.9. The number of aliphatic hydroxyl groups excluding tert-OH is 2. The molecule has 1 fully saturated rings. The Kier molecular flexibility index (Phi) is 4.55. The van der Waals surface area contributed by atoms with E-state index in [-0.39, 0.29) is 18.8 Å². The predicted octanol–water partition coefficient (Wildman–Crippen LogP) is -1.50. The van der Waals surface area contributed by atoms with Gasteiger partial charge in [-0.15, -0.1) is 0 Å².